The molecule has 0 bridgehead atoms. The van der Waals surface area contributed by atoms with Crippen molar-refractivity contribution in [2.75, 3.05) is 0 Å². The molecule has 5 nitrogen and oxygen atoms in total. The quantitative estimate of drug-likeness (QED) is 0.663. The number of amides is 1. The number of nitrogens with one attached hydrogen (secondary N) is 1. The van der Waals surface area contributed by atoms with Crippen LogP contribution in [0, 0.1) is 0 Å². The zero-order chi connectivity index (χ0) is 14.2. The number of carbonyl (C=O) groups is 1. The van der Waals surface area contributed by atoms with Crippen LogP contribution in [-0.2, 0) is 9.53 Å². The van der Waals surface area contributed by atoms with E-state index < -0.39 is 23.7 Å². The van der Waals surface area contributed by atoms with Gasteiger partial charge in [0.2, 0.25) is 0 Å². The monoisotopic (exact) mass is 267 g/mol. The summed E-state index contributed by atoms with van der Waals surface area (Å²) >= 11 is 0. The molecule has 0 radical (unpaired) electrons. The van der Waals surface area contributed by atoms with Crippen LogP contribution >= 0.6 is 0 Å². The fraction of sp³-hybridized carbons (Fsp3) is 0.643. The summed E-state index contributed by atoms with van der Waals surface area (Å²) in [6.07, 6.45) is 1.87. The summed E-state index contributed by atoms with van der Waals surface area (Å²) < 4.78 is 5.71. The number of hydrogen-bond acceptors (Lipinski definition) is 4. The zero-order valence-electron chi connectivity index (χ0n) is 11.4. The van der Waals surface area contributed by atoms with Crippen molar-refractivity contribution in [2.24, 2.45) is 0 Å². The van der Waals surface area contributed by atoms with Crippen LogP contribution in [0.15, 0.2) is 23.6 Å². The predicted octanol–water partition coefficient (Wildman–Crippen LogP) is 0.975. The smallest absolute Gasteiger partial charge is 0.258 e. The zero-order valence-corrected chi connectivity index (χ0v) is 11.4. The van der Waals surface area contributed by atoms with Gasteiger partial charge in [0.05, 0.1) is 11.3 Å². The van der Waals surface area contributed by atoms with E-state index in [1.54, 1.807) is 0 Å². The van der Waals surface area contributed by atoms with Crippen molar-refractivity contribution >= 4 is 5.91 Å². The Balaban J connectivity index is 2.23. The highest BCUT2D eigenvalue weighted by Crippen LogP contribution is 2.39. The van der Waals surface area contributed by atoms with E-state index in [4.69, 9.17) is 4.74 Å². The molecule has 2 heterocycles. The molecule has 2 rings (SSSR count). The first-order valence-corrected chi connectivity index (χ1v) is 6.71. The molecule has 3 atom stereocenters. The lowest BCUT2D eigenvalue weighted by molar-refractivity contribution is -0.151. The first-order chi connectivity index (χ1) is 8.89. The molecule has 5 heteroatoms. The lowest BCUT2D eigenvalue weighted by Crippen LogP contribution is -2.55. The van der Waals surface area contributed by atoms with E-state index in [0.717, 1.165) is 19.3 Å². The fourth-order valence-corrected chi connectivity index (χ4v) is 2.57. The third-order valence-electron chi connectivity index (χ3n) is 3.84. The van der Waals surface area contributed by atoms with Crippen molar-refractivity contribution in [3.05, 3.63) is 23.6 Å². The first-order valence-electron chi connectivity index (χ1n) is 6.71. The van der Waals surface area contributed by atoms with Gasteiger partial charge >= 0.3 is 0 Å². The topological polar surface area (TPSA) is 78.8 Å². The van der Waals surface area contributed by atoms with Crippen LogP contribution in [0.5, 0.6) is 0 Å². The molecule has 1 amide bonds. The molecule has 0 saturated carbocycles. The van der Waals surface area contributed by atoms with Crippen LogP contribution in [0.1, 0.15) is 39.5 Å². The molecule has 0 fully saturated rings. The maximum atomic E-state index is 11.7. The second-order valence-electron chi connectivity index (χ2n) is 5.41. The average Bonchev–Trinajstić information content (AvgIpc) is 2.61. The van der Waals surface area contributed by atoms with Gasteiger partial charge in [-0.1, -0.05) is 26.3 Å². The van der Waals surface area contributed by atoms with Gasteiger partial charge in [-0.05, 0) is 19.8 Å². The lowest BCUT2D eigenvalue weighted by Gasteiger charge is -2.40. The van der Waals surface area contributed by atoms with Gasteiger partial charge in [-0.15, -0.1) is 0 Å². The Kier molecular flexibility index (Phi) is 3.69. The van der Waals surface area contributed by atoms with E-state index in [-0.39, 0.29) is 5.57 Å². The predicted molar refractivity (Wildman–Crippen MR) is 70.0 cm³/mol. The molecule has 0 saturated heterocycles. The Morgan fingerprint density at radius 2 is 2.16 bits per heavy atom. The summed E-state index contributed by atoms with van der Waals surface area (Å²) in [6, 6.07) is 0. The van der Waals surface area contributed by atoms with Crippen LogP contribution in [-0.4, -0.2) is 33.9 Å². The number of rotatable bonds is 4. The molecule has 2 aliphatic heterocycles. The highest BCUT2D eigenvalue weighted by atomic mass is 16.5. The Hall–Kier alpha value is -1.33. The second kappa shape index (κ2) is 4.98. The number of aliphatic hydroxyl groups is 2. The molecule has 0 aliphatic carbocycles. The van der Waals surface area contributed by atoms with Gasteiger partial charge in [0.1, 0.15) is 17.8 Å². The van der Waals surface area contributed by atoms with Crippen molar-refractivity contribution in [3.63, 3.8) is 0 Å². The summed E-state index contributed by atoms with van der Waals surface area (Å²) in [5, 5.41) is 23.2. The SMILES string of the molecule is C=C1NC(=O)C2=C1O[C@@H](CCCCC)[C@](C)(O)[C@H]2O. The molecule has 0 aromatic heterocycles. The van der Waals surface area contributed by atoms with Crippen LogP contribution in [0.4, 0.5) is 0 Å². The number of ether oxygens (including phenoxy) is 1. The van der Waals surface area contributed by atoms with Crippen LogP contribution in [0.2, 0.25) is 0 Å². The number of carbonyl (C=O) groups excluding carboxylic acids is 1. The average molecular weight is 267 g/mol. The van der Waals surface area contributed by atoms with Crippen LogP contribution in [0.25, 0.3) is 0 Å². The molecule has 3 N–H and O–H groups in total. The molecular formula is C14H21NO4. The Morgan fingerprint density at radius 1 is 1.47 bits per heavy atom. The van der Waals surface area contributed by atoms with Gasteiger partial charge in [-0.2, -0.15) is 0 Å². The molecule has 0 aromatic rings. The summed E-state index contributed by atoms with van der Waals surface area (Å²) in [6.45, 7) is 7.29. The highest BCUT2D eigenvalue weighted by molar-refractivity contribution is 6.01. The molecule has 0 spiro atoms. The van der Waals surface area contributed by atoms with E-state index in [9.17, 15) is 15.0 Å². The maximum absolute atomic E-state index is 11.7. The molecule has 0 unspecified atom stereocenters. The van der Waals surface area contributed by atoms with Gasteiger partial charge in [-0.3, -0.25) is 4.79 Å². The standard InChI is InChI=1S/C14H21NO4/c1-4-5-6-7-9-14(3,18)12(16)10-11(19-9)8(2)15-13(10)17/h9,12,16,18H,2,4-7H2,1,3H3,(H,15,17)/t9-,12-,14-/m0/s1. The molecular weight excluding hydrogens is 246 g/mol. The van der Waals surface area contributed by atoms with Crippen LogP contribution in [0.3, 0.4) is 0 Å². The third kappa shape index (κ3) is 2.28. The number of hydrogen-bond donors (Lipinski definition) is 3. The first kappa shape index (κ1) is 14.1. The fourth-order valence-electron chi connectivity index (χ4n) is 2.57. The van der Waals surface area contributed by atoms with Gasteiger partial charge in [-0.25, -0.2) is 0 Å². The minimum atomic E-state index is -1.46. The largest absolute Gasteiger partial charge is 0.485 e. The Bertz CT molecular complexity index is 439. The minimum absolute atomic E-state index is 0.0849. The van der Waals surface area contributed by atoms with Crippen molar-refractivity contribution in [1.29, 1.82) is 0 Å². The van der Waals surface area contributed by atoms with E-state index >= 15 is 0 Å². The second-order valence-corrected chi connectivity index (χ2v) is 5.41. The Morgan fingerprint density at radius 3 is 2.79 bits per heavy atom. The van der Waals surface area contributed by atoms with E-state index in [1.807, 2.05) is 0 Å². The van der Waals surface area contributed by atoms with E-state index in [1.165, 1.54) is 6.92 Å². The molecule has 19 heavy (non-hydrogen) atoms. The summed E-state index contributed by atoms with van der Waals surface area (Å²) in [5.74, 6) is -0.148. The van der Waals surface area contributed by atoms with Crippen molar-refractivity contribution in [1.82, 2.24) is 5.32 Å². The van der Waals surface area contributed by atoms with E-state index in [2.05, 4.69) is 18.8 Å². The maximum Gasteiger partial charge on any atom is 0.258 e. The Labute approximate surface area is 113 Å². The van der Waals surface area contributed by atoms with Gasteiger partial charge < -0.3 is 20.3 Å². The minimum Gasteiger partial charge on any atom is -0.485 e. The van der Waals surface area contributed by atoms with Gasteiger partial charge in [0.25, 0.3) is 5.91 Å². The van der Waals surface area contributed by atoms with Crippen LogP contribution < -0.4 is 5.32 Å². The molecule has 2 aliphatic rings. The lowest BCUT2D eigenvalue weighted by atomic mass is 9.82. The number of unbranched alkanes of at least 4 members (excludes halogenated alkanes) is 2. The number of aliphatic hydroxyl groups excluding tert-OH is 1. The summed E-state index contributed by atoms with van der Waals surface area (Å²) in [7, 11) is 0. The van der Waals surface area contributed by atoms with Gasteiger partial charge in [0, 0.05) is 0 Å². The highest BCUT2D eigenvalue weighted by Gasteiger charge is 2.51. The third-order valence-corrected chi connectivity index (χ3v) is 3.84. The molecule has 106 valence electrons. The normalized spacial score (nSPS) is 34.1. The van der Waals surface area contributed by atoms with Gasteiger partial charge in [0.15, 0.2) is 5.76 Å². The summed E-state index contributed by atoms with van der Waals surface area (Å²) in [5.41, 5.74) is -1.02. The van der Waals surface area contributed by atoms with Crippen molar-refractivity contribution < 1.29 is 19.7 Å². The van der Waals surface area contributed by atoms with Crippen molar-refractivity contribution in [2.45, 2.75) is 57.3 Å². The summed E-state index contributed by atoms with van der Waals surface area (Å²) in [4.78, 5) is 11.7. The van der Waals surface area contributed by atoms with E-state index in [0.29, 0.717) is 17.9 Å². The van der Waals surface area contributed by atoms with Crippen molar-refractivity contribution in [3.8, 4) is 0 Å². The molecule has 0 aromatic carbocycles.